The highest BCUT2D eigenvalue weighted by atomic mass is 16.4. The van der Waals surface area contributed by atoms with Gasteiger partial charge in [-0.05, 0) is 25.7 Å². The number of rotatable bonds is 4. The lowest BCUT2D eigenvalue weighted by Gasteiger charge is -2.37. The minimum atomic E-state index is -1.04. The Hall–Kier alpha value is -1.06. The van der Waals surface area contributed by atoms with Gasteiger partial charge >= 0.3 is 0 Å². The zero-order chi connectivity index (χ0) is 11.6. The van der Waals surface area contributed by atoms with Gasteiger partial charge in [0.1, 0.15) is 0 Å². The fourth-order valence-corrected chi connectivity index (χ4v) is 2.50. The fourth-order valence-electron chi connectivity index (χ4n) is 2.50. The van der Waals surface area contributed by atoms with E-state index in [1.165, 1.54) is 0 Å². The molecule has 0 aromatic heterocycles. The molecule has 0 aromatic carbocycles. The van der Waals surface area contributed by atoms with Gasteiger partial charge < -0.3 is 15.2 Å². The number of amides is 1. The molecule has 0 bridgehead atoms. The first-order valence-electron chi connectivity index (χ1n) is 6.13. The van der Waals surface area contributed by atoms with Gasteiger partial charge in [-0.3, -0.25) is 4.79 Å². The van der Waals surface area contributed by atoms with Crippen LogP contribution in [0.2, 0.25) is 0 Å². The van der Waals surface area contributed by atoms with Gasteiger partial charge in [-0.25, -0.2) is 0 Å². The van der Waals surface area contributed by atoms with Crippen LogP contribution in [0.1, 0.15) is 51.4 Å². The van der Waals surface area contributed by atoms with Crippen molar-refractivity contribution in [1.82, 2.24) is 5.32 Å². The molecule has 4 heteroatoms. The van der Waals surface area contributed by atoms with Gasteiger partial charge in [0.2, 0.25) is 5.91 Å². The third kappa shape index (κ3) is 2.54. The van der Waals surface area contributed by atoms with Crippen LogP contribution in [0.5, 0.6) is 0 Å². The molecule has 0 heterocycles. The molecule has 16 heavy (non-hydrogen) atoms. The van der Waals surface area contributed by atoms with E-state index in [1.54, 1.807) is 0 Å². The molecule has 2 rings (SSSR count). The van der Waals surface area contributed by atoms with E-state index in [9.17, 15) is 14.7 Å². The summed E-state index contributed by atoms with van der Waals surface area (Å²) in [6.45, 7) is 0. The lowest BCUT2D eigenvalue weighted by Crippen LogP contribution is -2.46. The van der Waals surface area contributed by atoms with E-state index in [0.29, 0.717) is 18.9 Å². The van der Waals surface area contributed by atoms with Crippen LogP contribution in [-0.2, 0) is 9.59 Å². The third-order valence-electron chi connectivity index (χ3n) is 3.69. The average Bonchev–Trinajstić information content (AvgIpc) is 3.02. The van der Waals surface area contributed by atoms with Crippen LogP contribution in [-0.4, -0.2) is 17.9 Å². The molecule has 1 N–H and O–H groups in total. The van der Waals surface area contributed by atoms with Crippen LogP contribution in [0.4, 0.5) is 0 Å². The second-order valence-corrected chi connectivity index (χ2v) is 5.15. The molecular weight excluding hydrogens is 206 g/mol. The molecule has 0 aromatic rings. The van der Waals surface area contributed by atoms with Crippen LogP contribution >= 0.6 is 0 Å². The van der Waals surface area contributed by atoms with Crippen molar-refractivity contribution in [3.63, 3.8) is 0 Å². The molecule has 1 amide bonds. The summed E-state index contributed by atoms with van der Waals surface area (Å²) in [4.78, 5) is 22.9. The first-order chi connectivity index (χ1) is 7.62. The summed E-state index contributed by atoms with van der Waals surface area (Å²) in [5, 5.41) is 14.1. The molecule has 0 saturated heterocycles. The summed E-state index contributed by atoms with van der Waals surface area (Å²) in [5.74, 6) is -1.16. The Kier molecular flexibility index (Phi) is 3.17. The molecule has 2 fully saturated rings. The smallest absolute Gasteiger partial charge is 0.221 e. The second-order valence-electron chi connectivity index (χ2n) is 5.15. The van der Waals surface area contributed by atoms with Gasteiger partial charge in [-0.2, -0.15) is 0 Å². The van der Waals surface area contributed by atoms with Gasteiger partial charge in [0, 0.05) is 23.8 Å². The van der Waals surface area contributed by atoms with Crippen LogP contribution in [0.3, 0.4) is 0 Å². The minimum Gasteiger partial charge on any atom is -0.550 e. The van der Waals surface area contributed by atoms with Crippen molar-refractivity contribution < 1.29 is 14.7 Å². The zero-order valence-electron chi connectivity index (χ0n) is 9.46. The zero-order valence-corrected chi connectivity index (χ0v) is 9.46. The number of nitrogens with one attached hydrogen (secondary N) is 1. The monoisotopic (exact) mass is 224 g/mol. The topological polar surface area (TPSA) is 69.2 Å². The lowest BCUT2D eigenvalue weighted by molar-refractivity contribution is -0.321. The number of hydrogen-bond donors (Lipinski definition) is 1. The number of carboxylic acid groups (broad SMARTS) is 1. The summed E-state index contributed by atoms with van der Waals surface area (Å²) >= 11 is 0. The van der Waals surface area contributed by atoms with E-state index in [4.69, 9.17) is 0 Å². The van der Waals surface area contributed by atoms with Crippen molar-refractivity contribution in [2.75, 3.05) is 0 Å². The highest BCUT2D eigenvalue weighted by Gasteiger charge is 2.36. The van der Waals surface area contributed by atoms with E-state index >= 15 is 0 Å². The third-order valence-corrected chi connectivity index (χ3v) is 3.69. The predicted octanol–water partition coefficient (Wildman–Crippen LogP) is 0.355. The molecule has 4 nitrogen and oxygen atoms in total. The first-order valence-corrected chi connectivity index (χ1v) is 6.13. The van der Waals surface area contributed by atoms with Crippen molar-refractivity contribution in [3.8, 4) is 0 Å². The summed E-state index contributed by atoms with van der Waals surface area (Å²) < 4.78 is 0. The van der Waals surface area contributed by atoms with Crippen LogP contribution < -0.4 is 10.4 Å². The van der Waals surface area contributed by atoms with E-state index in [0.717, 1.165) is 32.1 Å². The molecule has 2 aliphatic rings. The standard InChI is InChI=1S/C12H19NO3/c14-10(13-9-4-5-9)8-12(11(15)16)6-2-1-3-7-12/h9H,1-8H2,(H,13,14)(H,15,16)/p-1. The lowest BCUT2D eigenvalue weighted by atomic mass is 9.71. The molecule has 0 unspecified atom stereocenters. The Labute approximate surface area is 95.4 Å². The van der Waals surface area contributed by atoms with Crippen molar-refractivity contribution in [3.05, 3.63) is 0 Å². The molecule has 0 aliphatic heterocycles. The maximum atomic E-state index is 11.7. The van der Waals surface area contributed by atoms with Crippen molar-refractivity contribution in [2.24, 2.45) is 5.41 Å². The Bertz CT molecular complexity index is 291. The number of carboxylic acids is 1. The van der Waals surface area contributed by atoms with Gasteiger partial charge in [0.15, 0.2) is 0 Å². The molecular formula is C12H18NO3-. The van der Waals surface area contributed by atoms with Gasteiger partial charge in [-0.15, -0.1) is 0 Å². The normalized spacial score (nSPS) is 23.8. The summed E-state index contributed by atoms with van der Waals surface area (Å²) in [5.41, 5.74) is -0.892. The quantitative estimate of drug-likeness (QED) is 0.749. The largest absolute Gasteiger partial charge is 0.550 e. The van der Waals surface area contributed by atoms with E-state index in [1.807, 2.05) is 0 Å². The molecule has 90 valence electrons. The maximum absolute atomic E-state index is 11.7. The van der Waals surface area contributed by atoms with E-state index < -0.39 is 11.4 Å². The average molecular weight is 224 g/mol. The molecule has 0 radical (unpaired) electrons. The second kappa shape index (κ2) is 4.44. The molecule has 0 atom stereocenters. The Morgan fingerprint density at radius 3 is 2.31 bits per heavy atom. The van der Waals surface area contributed by atoms with E-state index in [2.05, 4.69) is 5.32 Å². The maximum Gasteiger partial charge on any atom is 0.221 e. The van der Waals surface area contributed by atoms with Crippen molar-refractivity contribution in [1.29, 1.82) is 0 Å². The Morgan fingerprint density at radius 2 is 1.81 bits per heavy atom. The van der Waals surface area contributed by atoms with E-state index in [-0.39, 0.29) is 12.3 Å². The molecule has 0 spiro atoms. The highest BCUT2D eigenvalue weighted by molar-refractivity contribution is 5.84. The summed E-state index contributed by atoms with van der Waals surface area (Å²) in [7, 11) is 0. The number of carbonyl (C=O) groups is 2. The Balaban J connectivity index is 1.95. The highest BCUT2D eigenvalue weighted by Crippen LogP contribution is 2.39. The van der Waals surface area contributed by atoms with Crippen molar-refractivity contribution >= 4 is 11.9 Å². The molecule has 2 aliphatic carbocycles. The van der Waals surface area contributed by atoms with Crippen LogP contribution in [0.25, 0.3) is 0 Å². The fraction of sp³-hybridized carbons (Fsp3) is 0.833. The van der Waals surface area contributed by atoms with Crippen molar-refractivity contribution in [2.45, 2.75) is 57.4 Å². The van der Waals surface area contributed by atoms with Gasteiger partial charge in [0.05, 0.1) is 0 Å². The number of aliphatic carboxylic acids is 1. The number of carbonyl (C=O) groups excluding carboxylic acids is 2. The SMILES string of the molecule is O=C(CC1(C(=O)[O-])CCCCC1)NC1CC1. The van der Waals surface area contributed by atoms with Gasteiger partial charge in [0.25, 0.3) is 0 Å². The Morgan fingerprint density at radius 1 is 1.19 bits per heavy atom. The van der Waals surface area contributed by atoms with Crippen LogP contribution in [0, 0.1) is 5.41 Å². The molecule has 2 saturated carbocycles. The van der Waals surface area contributed by atoms with Crippen LogP contribution in [0.15, 0.2) is 0 Å². The first kappa shape index (κ1) is 11.4. The minimum absolute atomic E-state index is 0.103. The summed E-state index contributed by atoms with van der Waals surface area (Å²) in [6, 6.07) is 0.301. The summed E-state index contributed by atoms with van der Waals surface area (Å²) in [6.07, 6.45) is 6.20. The predicted molar refractivity (Wildman–Crippen MR) is 56.3 cm³/mol. The van der Waals surface area contributed by atoms with Gasteiger partial charge in [-0.1, -0.05) is 19.3 Å². The number of hydrogen-bond acceptors (Lipinski definition) is 3.